The molecule has 23 heavy (non-hydrogen) atoms. The highest BCUT2D eigenvalue weighted by molar-refractivity contribution is 7.89. The summed E-state index contributed by atoms with van der Waals surface area (Å²) in [6, 6.07) is 9.56. The van der Waals surface area contributed by atoms with E-state index >= 15 is 0 Å². The van der Waals surface area contributed by atoms with Gasteiger partial charge in [0, 0.05) is 18.4 Å². The van der Waals surface area contributed by atoms with Gasteiger partial charge in [0.05, 0.1) is 4.90 Å². The summed E-state index contributed by atoms with van der Waals surface area (Å²) in [4.78, 5) is 0.184. The molecule has 1 rings (SSSR count). The van der Waals surface area contributed by atoms with Crippen molar-refractivity contribution in [2.75, 3.05) is 11.9 Å². The molecule has 0 saturated carbocycles. The van der Waals surface area contributed by atoms with Crippen LogP contribution in [0.2, 0.25) is 0 Å². The number of nitriles is 2. The molecule has 2 N–H and O–H groups in total. The van der Waals surface area contributed by atoms with Crippen LogP contribution in [0.3, 0.4) is 0 Å². The topological polar surface area (TPSA) is 106 Å². The Morgan fingerprint density at radius 2 is 1.78 bits per heavy atom. The normalized spacial score (nSPS) is 10.4. The van der Waals surface area contributed by atoms with Crippen molar-refractivity contribution in [3.05, 3.63) is 36.0 Å². The van der Waals surface area contributed by atoms with Gasteiger partial charge >= 0.3 is 0 Å². The second-order valence-corrected chi connectivity index (χ2v) is 6.68. The third-order valence-corrected chi connectivity index (χ3v) is 4.59. The Hall–Kier alpha value is -2.35. The Labute approximate surface area is 137 Å². The molecular formula is C16H20N4O2S. The Balaban J connectivity index is 2.63. The van der Waals surface area contributed by atoms with Crippen LogP contribution in [0.15, 0.2) is 40.9 Å². The lowest BCUT2D eigenvalue weighted by Gasteiger charge is -2.07. The molecule has 1 aromatic rings. The van der Waals surface area contributed by atoms with Gasteiger partial charge in [0.25, 0.3) is 0 Å². The molecule has 0 heterocycles. The quantitative estimate of drug-likeness (QED) is 0.534. The molecule has 0 bridgehead atoms. The predicted octanol–water partition coefficient (Wildman–Crippen LogP) is 2.89. The minimum Gasteiger partial charge on any atom is -0.360 e. The number of nitrogens with one attached hydrogen (secondary N) is 2. The van der Waals surface area contributed by atoms with Crippen LogP contribution in [0.25, 0.3) is 0 Å². The van der Waals surface area contributed by atoms with E-state index in [0.717, 1.165) is 25.7 Å². The number of allylic oxidation sites excluding steroid dienone is 1. The van der Waals surface area contributed by atoms with Gasteiger partial charge in [-0.05, 0) is 30.7 Å². The van der Waals surface area contributed by atoms with Gasteiger partial charge < -0.3 is 5.32 Å². The molecule has 0 saturated heterocycles. The molecule has 0 aliphatic carbocycles. The highest BCUT2D eigenvalue weighted by Gasteiger charge is 2.12. The molecule has 0 aliphatic rings. The van der Waals surface area contributed by atoms with Crippen molar-refractivity contribution < 1.29 is 8.42 Å². The standard InChI is InChI=1S/C16H20N4O2S/c1-2-3-4-5-10-20-23(21,22)16-8-6-15(7-9-16)19-13-14(11-17)12-18/h6-9,13,19-20H,2-5,10H2,1H3. The summed E-state index contributed by atoms with van der Waals surface area (Å²) in [6.45, 7) is 2.53. The SMILES string of the molecule is CCCCCCNS(=O)(=O)c1ccc(NC=C(C#N)C#N)cc1. The molecule has 122 valence electrons. The summed E-state index contributed by atoms with van der Waals surface area (Å²) in [6.07, 6.45) is 5.31. The molecular weight excluding hydrogens is 312 g/mol. The van der Waals surface area contributed by atoms with Crippen LogP contribution in [0, 0.1) is 22.7 Å². The van der Waals surface area contributed by atoms with Crippen LogP contribution in [0.5, 0.6) is 0 Å². The van der Waals surface area contributed by atoms with Gasteiger partial charge in [-0.1, -0.05) is 26.2 Å². The number of hydrogen-bond acceptors (Lipinski definition) is 5. The van der Waals surface area contributed by atoms with Crippen LogP contribution >= 0.6 is 0 Å². The first-order valence-corrected chi connectivity index (χ1v) is 8.88. The van der Waals surface area contributed by atoms with E-state index in [9.17, 15) is 8.42 Å². The summed E-state index contributed by atoms with van der Waals surface area (Å²) >= 11 is 0. The smallest absolute Gasteiger partial charge is 0.240 e. The number of sulfonamides is 1. The van der Waals surface area contributed by atoms with Gasteiger partial charge in [-0.3, -0.25) is 0 Å². The third kappa shape index (κ3) is 6.52. The molecule has 0 fully saturated rings. The molecule has 0 aromatic heterocycles. The van der Waals surface area contributed by atoms with Crippen molar-refractivity contribution in [3.8, 4) is 12.1 Å². The van der Waals surface area contributed by atoms with E-state index in [1.807, 2.05) is 0 Å². The lowest BCUT2D eigenvalue weighted by Crippen LogP contribution is -2.24. The summed E-state index contributed by atoms with van der Waals surface area (Å²) in [5.74, 6) is 0. The van der Waals surface area contributed by atoms with Gasteiger partial charge in [-0.2, -0.15) is 10.5 Å². The third-order valence-electron chi connectivity index (χ3n) is 3.11. The Kier molecular flexibility index (Phi) is 7.82. The van der Waals surface area contributed by atoms with Gasteiger partial charge in [0.15, 0.2) is 0 Å². The minimum absolute atomic E-state index is 0.0598. The highest BCUT2D eigenvalue weighted by Crippen LogP contribution is 2.14. The monoisotopic (exact) mass is 332 g/mol. The van der Waals surface area contributed by atoms with Crippen molar-refractivity contribution in [2.45, 2.75) is 37.5 Å². The Morgan fingerprint density at radius 3 is 2.35 bits per heavy atom. The zero-order valence-electron chi connectivity index (χ0n) is 13.0. The van der Waals surface area contributed by atoms with E-state index in [0.29, 0.717) is 12.2 Å². The van der Waals surface area contributed by atoms with Crippen molar-refractivity contribution in [2.24, 2.45) is 0 Å². The first-order chi connectivity index (χ1) is 11.0. The Bertz CT molecular complexity index is 694. The first kappa shape index (κ1) is 18.7. The number of anilines is 1. The number of benzene rings is 1. The average molecular weight is 332 g/mol. The number of unbranched alkanes of at least 4 members (excludes halogenated alkanes) is 3. The van der Waals surface area contributed by atoms with E-state index in [1.54, 1.807) is 24.3 Å². The first-order valence-electron chi connectivity index (χ1n) is 7.40. The fourth-order valence-corrected chi connectivity index (χ4v) is 2.89. The Morgan fingerprint density at radius 1 is 1.13 bits per heavy atom. The van der Waals surface area contributed by atoms with Crippen LogP contribution in [-0.2, 0) is 10.0 Å². The van der Waals surface area contributed by atoms with E-state index in [2.05, 4.69) is 17.0 Å². The second-order valence-electron chi connectivity index (χ2n) is 4.91. The maximum Gasteiger partial charge on any atom is 0.240 e. The summed E-state index contributed by atoms with van der Waals surface area (Å²) in [7, 11) is -3.50. The molecule has 0 unspecified atom stereocenters. The molecule has 0 radical (unpaired) electrons. The minimum atomic E-state index is -3.50. The fourth-order valence-electron chi connectivity index (χ4n) is 1.82. The second kappa shape index (κ2) is 9.62. The van der Waals surface area contributed by atoms with Crippen LogP contribution in [0.1, 0.15) is 32.6 Å². The molecule has 0 atom stereocenters. The maximum atomic E-state index is 12.1. The zero-order valence-corrected chi connectivity index (χ0v) is 13.9. The molecule has 7 heteroatoms. The van der Waals surface area contributed by atoms with Crippen molar-refractivity contribution >= 4 is 15.7 Å². The van der Waals surface area contributed by atoms with Crippen LogP contribution in [0.4, 0.5) is 5.69 Å². The van der Waals surface area contributed by atoms with E-state index in [4.69, 9.17) is 10.5 Å². The van der Waals surface area contributed by atoms with E-state index in [1.165, 1.54) is 18.3 Å². The van der Waals surface area contributed by atoms with Crippen LogP contribution in [-0.4, -0.2) is 15.0 Å². The molecule has 0 amide bonds. The summed E-state index contributed by atoms with van der Waals surface area (Å²) < 4.78 is 26.8. The lowest BCUT2D eigenvalue weighted by atomic mass is 10.2. The number of hydrogen-bond donors (Lipinski definition) is 2. The van der Waals surface area contributed by atoms with Crippen LogP contribution < -0.4 is 10.0 Å². The van der Waals surface area contributed by atoms with E-state index in [-0.39, 0.29) is 10.5 Å². The van der Waals surface area contributed by atoms with Crippen molar-refractivity contribution in [1.29, 1.82) is 10.5 Å². The molecule has 1 aromatic carbocycles. The van der Waals surface area contributed by atoms with Crippen molar-refractivity contribution in [1.82, 2.24) is 4.72 Å². The maximum absolute atomic E-state index is 12.1. The molecule has 0 aliphatic heterocycles. The summed E-state index contributed by atoms with van der Waals surface area (Å²) in [5, 5.41) is 20.0. The van der Waals surface area contributed by atoms with Gasteiger partial charge in [-0.15, -0.1) is 0 Å². The predicted molar refractivity (Wildman–Crippen MR) is 88.7 cm³/mol. The largest absolute Gasteiger partial charge is 0.360 e. The zero-order chi connectivity index (χ0) is 17.1. The average Bonchev–Trinajstić information content (AvgIpc) is 2.56. The number of nitrogens with zero attached hydrogens (tertiary/aromatic N) is 2. The van der Waals surface area contributed by atoms with E-state index < -0.39 is 10.0 Å². The molecule has 6 nitrogen and oxygen atoms in total. The van der Waals surface area contributed by atoms with Gasteiger partial charge in [0.1, 0.15) is 17.7 Å². The lowest BCUT2D eigenvalue weighted by molar-refractivity contribution is 0.573. The fraction of sp³-hybridized carbons (Fsp3) is 0.375. The molecule has 0 spiro atoms. The van der Waals surface area contributed by atoms with Gasteiger partial charge in [0.2, 0.25) is 10.0 Å². The highest BCUT2D eigenvalue weighted by atomic mass is 32.2. The number of rotatable bonds is 9. The van der Waals surface area contributed by atoms with Gasteiger partial charge in [-0.25, -0.2) is 13.1 Å². The van der Waals surface area contributed by atoms with Crippen molar-refractivity contribution in [3.63, 3.8) is 0 Å². The summed E-state index contributed by atoms with van der Waals surface area (Å²) in [5.41, 5.74) is 0.533.